The number of likely N-dealkylation sites (N-methyl/N-ethyl adjacent to an activating group) is 1. The maximum absolute atomic E-state index is 12.0. The molecule has 2 rings (SSSR count). The van der Waals surface area contributed by atoms with Crippen LogP contribution in [0.2, 0.25) is 0 Å². The van der Waals surface area contributed by atoms with Gasteiger partial charge in [-0.3, -0.25) is 0 Å². The Morgan fingerprint density at radius 1 is 1.31 bits per heavy atom. The molecule has 0 radical (unpaired) electrons. The van der Waals surface area contributed by atoms with Crippen molar-refractivity contribution in [3.63, 3.8) is 0 Å². The van der Waals surface area contributed by atoms with Gasteiger partial charge in [-0.1, -0.05) is 30.3 Å². The van der Waals surface area contributed by atoms with E-state index in [-0.39, 0.29) is 11.8 Å². The molecular weight excluding hydrogens is 224 g/mol. The van der Waals surface area contributed by atoms with Crippen molar-refractivity contribution in [2.75, 3.05) is 20.1 Å². The van der Waals surface area contributed by atoms with Crippen molar-refractivity contribution in [2.24, 2.45) is 0 Å². The highest BCUT2D eigenvalue weighted by atomic mass is 32.2. The fraction of sp³-hybridized carbons (Fsp3) is 0.455. The Morgan fingerprint density at radius 2 is 1.94 bits per heavy atom. The van der Waals surface area contributed by atoms with E-state index in [0.717, 1.165) is 18.7 Å². The lowest BCUT2D eigenvalue weighted by Crippen LogP contribution is -2.57. The molecule has 1 fully saturated rings. The summed E-state index contributed by atoms with van der Waals surface area (Å²) in [4.78, 5) is 0. The molecule has 0 amide bonds. The van der Waals surface area contributed by atoms with Crippen LogP contribution in [0.25, 0.3) is 0 Å². The second kappa shape index (κ2) is 4.53. The highest BCUT2D eigenvalue weighted by Crippen LogP contribution is 2.13. The van der Waals surface area contributed by atoms with E-state index >= 15 is 0 Å². The maximum Gasteiger partial charge on any atom is 0.218 e. The van der Waals surface area contributed by atoms with Crippen LogP contribution in [0.4, 0.5) is 0 Å². The van der Waals surface area contributed by atoms with Crippen molar-refractivity contribution in [1.29, 1.82) is 0 Å². The topological polar surface area (TPSA) is 49.4 Å². The number of nitrogens with one attached hydrogen (secondary N) is 1. The Morgan fingerprint density at radius 3 is 2.44 bits per heavy atom. The van der Waals surface area contributed by atoms with Gasteiger partial charge in [0.05, 0.1) is 5.75 Å². The molecule has 16 heavy (non-hydrogen) atoms. The van der Waals surface area contributed by atoms with Crippen LogP contribution in [0.5, 0.6) is 0 Å². The van der Waals surface area contributed by atoms with Crippen molar-refractivity contribution >= 4 is 10.0 Å². The van der Waals surface area contributed by atoms with Gasteiger partial charge >= 0.3 is 0 Å². The molecule has 0 saturated carbocycles. The molecule has 1 aromatic rings. The first-order chi connectivity index (χ1) is 7.59. The van der Waals surface area contributed by atoms with E-state index in [4.69, 9.17) is 0 Å². The summed E-state index contributed by atoms with van der Waals surface area (Å²) >= 11 is 0. The molecule has 0 atom stereocenters. The molecular formula is C11H16N2O2S. The highest BCUT2D eigenvalue weighted by molar-refractivity contribution is 7.88. The molecule has 1 heterocycles. The third-order valence-electron chi connectivity index (χ3n) is 2.90. The van der Waals surface area contributed by atoms with Gasteiger partial charge in [0.2, 0.25) is 10.0 Å². The summed E-state index contributed by atoms with van der Waals surface area (Å²) in [7, 11) is -1.52. The number of rotatable bonds is 4. The number of sulfonamides is 1. The van der Waals surface area contributed by atoms with Crippen LogP contribution < -0.4 is 5.32 Å². The maximum atomic E-state index is 12.0. The molecule has 0 bridgehead atoms. The van der Waals surface area contributed by atoms with Crippen molar-refractivity contribution in [2.45, 2.75) is 11.8 Å². The van der Waals surface area contributed by atoms with Crippen LogP contribution in [0.3, 0.4) is 0 Å². The van der Waals surface area contributed by atoms with E-state index in [2.05, 4.69) is 5.32 Å². The van der Waals surface area contributed by atoms with Gasteiger partial charge < -0.3 is 5.32 Å². The SMILES string of the molecule is CN(C1CNC1)S(=O)(=O)Cc1ccccc1. The zero-order valence-corrected chi connectivity index (χ0v) is 10.1. The summed E-state index contributed by atoms with van der Waals surface area (Å²) in [5, 5.41) is 3.07. The Kier molecular flexibility index (Phi) is 3.28. The number of hydrogen-bond donors (Lipinski definition) is 1. The Labute approximate surface area is 96.3 Å². The lowest BCUT2D eigenvalue weighted by Gasteiger charge is -2.34. The third-order valence-corrected chi connectivity index (χ3v) is 4.78. The normalized spacial score (nSPS) is 17.4. The van der Waals surface area contributed by atoms with Gasteiger partial charge in [-0.25, -0.2) is 8.42 Å². The minimum absolute atomic E-state index is 0.0842. The largest absolute Gasteiger partial charge is 0.313 e. The molecule has 5 heteroatoms. The van der Waals surface area contributed by atoms with E-state index < -0.39 is 10.0 Å². The van der Waals surface area contributed by atoms with Crippen molar-refractivity contribution in [3.05, 3.63) is 35.9 Å². The molecule has 1 saturated heterocycles. The molecule has 0 aliphatic carbocycles. The second-order valence-electron chi connectivity index (χ2n) is 4.07. The zero-order chi connectivity index (χ0) is 11.6. The summed E-state index contributed by atoms with van der Waals surface area (Å²) in [6.45, 7) is 1.51. The number of hydrogen-bond acceptors (Lipinski definition) is 3. The quantitative estimate of drug-likeness (QED) is 0.830. The third kappa shape index (κ3) is 2.42. The van der Waals surface area contributed by atoms with Gasteiger partial charge in [0.15, 0.2) is 0 Å². The first-order valence-electron chi connectivity index (χ1n) is 5.30. The predicted molar refractivity (Wildman–Crippen MR) is 63.5 cm³/mol. The zero-order valence-electron chi connectivity index (χ0n) is 9.26. The van der Waals surface area contributed by atoms with E-state index in [1.807, 2.05) is 30.3 Å². The Bertz CT molecular complexity index is 440. The minimum Gasteiger partial charge on any atom is -0.313 e. The second-order valence-corrected chi connectivity index (χ2v) is 6.10. The molecule has 0 aromatic heterocycles. The summed E-state index contributed by atoms with van der Waals surface area (Å²) in [5.41, 5.74) is 0.835. The molecule has 1 aliphatic heterocycles. The van der Waals surface area contributed by atoms with Crippen LogP contribution >= 0.6 is 0 Å². The average molecular weight is 240 g/mol. The van der Waals surface area contributed by atoms with E-state index in [0.29, 0.717) is 0 Å². The van der Waals surface area contributed by atoms with Gasteiger partial charge in [0.1, 0.15) is 0 Å². The van der Waals surface area contributed by atoms with Crippen LogP contribution in [-0.4, -0.2) is 38.9 Å². The molecule has 1 aliphatic rings. The van der Waals surface area contributed by atoms with Gasteiger partial charge in [0.25, 0.3) is 0 Å². The molecule has 4 nitrogen and oxygen atoms in total. The van der Waals surface area contributed by atoms with Gasteiger partial charge in [-0.05, 0) is 5.56 Å². The number of nitrogens with zero attached hydrogens (tertiary/aromatic N) is 1. The van der Waals surface area contributed by atoms with Crippen molar-refractivity contribution in [1.82, 2.24) is 9.62 Å². The van der Waals surface area contributed by atoms with E-state index in [9.17, 15) is 8.42 Å². The van der Waals surface area contributed by atoms with Gasteiger partial charge in [-0.2, -0.15) is 4.31 Å². The summed E-state index contributed by atoms with van der Waals surface area (Å²) in [5.74, 6) is 0.0842. The number of benzene rings is 1. The van der Waals surface area contributed by atoms with Gasteiger partial charge in [0, 0.05) is 26.2 Å². The molecule has 1 aromatic carbocycles. The van der Waals surface area contributed by atoms with E-state index in [1.165, 1.54) is 4.31 Å². The van der Waals surface area contributed by atoms with E-state index in [1.54, 1.807) is 7.05 Å². The summed E-state index contributed by atoms with van der Waals surface area (Å²) in [6.07, 6.45) is 0. The van der Waals surface area contributed by atoms with Crippen LogP contribution in [0.15, 0.2) is 30.3 Å². The minimum atomic E-state index is -3.18. The fourth-order valence-electron chi connectivity index (χ4n) is 1.64. The molecule has 0 spiro atoms. The molecule has 1 N–H and O–H groups in total. The average Bonchev–Trinajstić information content (AvgIpc) is 2.15. The lowest BCUT2D eigenvalue weighted by atomic mass is 10.2. The summed E-state index contributed by atoms with van der Waals surface area (Å²) in [6, 6.07) is 9.39. The Hall–Kier alpha value is -0.910. The van der Waals surface area contributed by atoms with Crippen molar-refractivity contribution < 1.29 is 8.42 Å². The molecule has 88 valence electrons. The smallest absolute Gasteiger partial charge is 0.218 e. The molecule has 0 unspecified atom stereocenters. The first-order valence-corrected chi connectivity index (χ1v) is 6.91. The van der Waals surface area contributed by atoms with Gasteiger partial charge in [-0.15, -0.1) is 0 Å². The monoisotopic (exact) mass is 240 g/mol. The predicted octanol–water partition coefficient (Wildman–Crippen LogP) is 0.420. The van der Waals surface area contributed by atoms with Crippen LogP contribution in [-0.2, 0) is 15.8 Å². The highest BCUT2D eigenvalue weighted by Gasteiger charge is 2.30. The fourth-order valence-corrected chi connectivity index (χ4v) is 3.06. The summed E-state index contributed by atoms with van der Waals surface area (Å²) < 4.78 is 25.5. The van der Waals surface area contributed by atoms with Crippen molar-refractivity contribution in [3.8, 4) is 0 Å². The Balaban J connectivity index is 2.08. The standard InChI is InChI=1S/C11H16N2O2S/c1-13(11-7-12-8-11)16(14,15)9-10-5-3-2-4-6-10/h2-6,11-12H,7-9H2,1H3. The lowest BCUT2D eigenvalue weighted by molar-refractivity contribution is 0.274. The van der Waals surface area contributed by atoms with Crippen LogP contribution in [0, 0.1) is 0 Å². The first kappa shape index (κ1) is 11.6. The van der Waals surface area contributed by atoms with Crippen LogP contribution in [0.1, 0.15) is 5.56 Å².